The van der Waals surface area contributed by atoms with Gasteiger partial charge in [-0.05, 0) is 6.92 Å². The number of rotatable bonds is 0. The average molecular weight is 140 g/mol. The topological polar surface area (TPSA) is 38.8 Å². The van der Waals surface area contributed by atoms with Crippen LogP contribution in [0.2, 0.25) is 0 Å². The molecule has 4 atom stereocenters. The second-order valence-corrected chi connectivity index (χ2v) is 3.41. The number of ether oxygens (including phenoxy) is 2. The molecule has 3 saturated heterocycles. The summed E-state index contributed by atoms with van der Waals surface area (Å²) in [7, 11) is 0. The van der Waals surface area contributed by atoms with Crippen LogP contribution < -0.4 is 0 Å². The summed E-state index contributed by atoms with van der Waals surface area (Å²) in [6.45, 7) is 1.84. The zero-order valence-corrected chi connectivity index (χ0v) is 5.66. The smallest absolute Gasteiger partial charge is 0.169 e. The molecule has 4 unspecified atom stereocenters. The first-order valence-corrected chi connectivity index (χ1v) is 3.58. The quantitative estimate of drug-likeness (QED) is 0.440. The van der Waals surface area contributed by atoms with Gasteiger partial charge in [0.15, 0.2) is 11.4 Å². The van der Waals surface area contributed by atoms with Crippen LogP contribution in [0.1, 0.15) is 13.3 Å². The third-order valence-corrected chi connectivity index (χ3v) is 2.77. The van der Waals surface area contributed by atoms with Gasteiger partial charge in [0.1, 0.15) is 12.2 Å². The molecule has 0 aromatic carbocycles. The highest BCUT2D eigenvalue weighted by molar-refractivity contribution is 5.92. The van der Waals surface area contributed by atoms with Gasteiger partial charge in [-0.25, -0.2) is 0 Å². The highest BCUT2D eigenvalue weighted by Gasteiger charge is 2.72. The lowest BCUT2D eigenvalue weighted by molar-refractivity contribution is -0.132. The number of hydrogen-bond donors (Lipinski definition) is 0. The minimum absolute atomic E-state index is 0.0856. The Labute approximate surface area is 58.3 Å². The van der Waals surface area contributed by atoms with Crippen molar-refractivity contribution in [1.29, 1.82) is 0 Å². The van der Waals surface area contributed by atoms with Gasteiger partial charge in [0.05, 0.1) is 6.10 Å². The summed E-state index contributed by atoms with van der Waals surface area (Å²) in [6, 6.07) is 0. The van der Waals surface area contributed by atoms with E-state index in [1.165, 1.54) is 0 Å². The molecule has 54 valence electrons. The van der Waals surface area contributed by atoms with Crippen LogP contribution in [0.15, 0.2) is 0 Å². The first kappa shape index (κ1) is 5.27. The lowest BCUT2D eigenvalue weighted by Crippen LogP contribution is -2.37. The van der Waals surface area contributed by atoms with Gasteiger partial charge in [-0.1, -0.05) is 0 Å². The summed E-state index contributed by atoms with van der Waals surface area (Å²) >= 11 is 0. The van der Waals surface area contributed by atoms with Crippen molar-refractivity contribution in [2.75, 3.05) is 0 Å². The van der Waals surface area contributed by atoms with Gasteiger partial charge in [-0.15, -0.1) is 0 Å². The van der Waals surface area contributed by atoms with Crippen molar-refractivity contribution < 1.29 is 14.3 Å². The number of fused-ring (bicyclic) bond motifs is 5. The van der Waals surface area contributed by atoms with E-state index in [0.717, 1.165) is 0 Å². The fraction of sp³-hybridized carbons (Fsp3) is 0.857. The zero-order chi connectivity index (χ0) is 6.93. The maximum absolute atomic E-state index is 11.2. The molecule has 0 radical (unpaired) electrons. The largest absolute Gasteiger partial charge is 0.363 e. The van der Waals surface area contributed by atoms with Crippen molar-refractivity contribution in [1.82, 2.24) is 0 Å². The van der Waals surface area contributed by atoms with Crippen molar-refractivity contribution in [3.63, 3.8) is 0 Å². The highest BCUT2D eigenvalue weighted by atomic mass is 16.7. The van der Waals surface area contributed by atoms with E-state index in [9.17, 15) is 4.79 Å². The third-order valence-electron chi connectivity index (χ3n) is 2.77. The molecule has 2 bridgehead atoms. The Morgan fingerprint density at radius 2 is 2.50 bits per heavy atom. The van der Waals surface area contributed by atoms with Gasteiger partial charge < -0.3 is 9.47 Å². The zero-order valence-electron chi connectivity index (χ0n) is 5.66. The maximum atomic E-state index is 11.2. The SMILES string of the molecule is CC12OC(CC1=O)C1OC12. The molecule has 10 heavy (non-hydrogen) atoms. The number of hydrogen-bond acceptors (Lipinski definition) is 3. The van der Waals surface area contributed by atoms with Crippen molar-refractivity contribution in [2.45, 2.75) is 37.3 Å². The van der Waals surface area contributed by atoms with Gasteiger partial charge in [0.2, 0.25) is 0 Å². The molecule has 3 rings (SSSR count). The Balaban J connectivity index is 2.11. The predicted octanol–water partition coefficient (Wildman–Crippen LogP) is -0.116. The number of carbonyl (C=O) groups excluding carboxylic acids is 1. The standard InChI is InChI=1S/C7H8O3/c1-7-4(8)2-3(10-7)5-6(7)9-5/h3,5-6H,2H2,1H3. The first-order valence-electron chi connectivity index (χ1n) is 3.58. The summed E-state index contributed by atoms with van der Waals surface area (Å²) in [5, 5.41) is 0. The van der Waals surface area contributed by atoms with Crippen molar-refractivity contribution in [3.05, 3.63) is 0 Å². The van der Waals surface area contributed by atoms with Crippen molar-refractivity contribution in [2.24, 2.45) is 0 Å². The molecule has 0 amide bonds. The number of Topliss-reactive ketones (excluding diaryl/α,β-unsaturated/α-hetero) is 1. The van der Waals surface area contributed by atoms with Gasteiger partial charge in [0, 0.05) is 6.42 Å². The Kier molecular flexibility index (Phi) is 0.615. The molecular weight excluding hydrogens is 132 g/mol. The number of epoxide rings is 1. The Bertz CT molecular complexity index is 223. The van der Waals surface area contributed by atoms with E-state index in [1.807, 2.05) is 6.92 Å². The molecule has 3 nitrogen and oxygen atoms in total. The minimum Gasteiger partial charge on any atom is -0.363 e. The normalized spacial score (nSPS) is 62.9. The molecule has 3 heterocycles. The van der Waals surface area contributed by atoms with Crippen LogP contribution in [0.5, 0.6) is 0 Å². The molecule has 0 spiro atoms. The Morgan fingerprint density at radius 1 is 1.70 bits per heavy atom. The molecule has 3 heteroatoms. The van der Waals surface area contributed by atoms with Crippen LogP contribution in [0.4, 0.5) is 0 Å². The number of ketones is 1. The lowest BCUT2D eigenvalue weighted by atomic mass is 9.89. The Morgan fingerprint density at radius 3 is 3.00 bits per heavy atom. The Hall–Kier alpha value is -0.410. The van der Waals surface area contributed by atoms with Crippen molar-refractivity contribution >= 4 is 5.78 Å². The van der Waals surface area contributed by atoms with Gasteiger partial charge in [0.25, 0.3) is 0 Å². The second-order valence-electron chi connectivity index (χ2n) is 3.41. The van der Waals surface area contributed by atoms with Gasteiger partial charge in [-0.3, -0.25) is 4.79 Å². The minimum atomic E-state index is -0.560. The monoisotopic (exact) mass is 140 g/mol. The van der Waals surface area contributed by atoms with E-state index in [4.69, 9.17) is 9.47 Å². The van der Waals surface area contributed by atoms with E-state index in [2.05, 4.69) is 0 Å². The fourth-order valence-electron chi connectivity index (χ4n) is 2.07. The lowest BCUT2D eigenvalue weighted by Gasteiger charge is -2.15. The van der Waals surface area contributed by atoms with E-state index in [1.54, 1.807) is 0 Å². The summed E-state index contributed by atoms with van der Waals surface area (Å²) in [6.07, 6.45) is 1.00. The number of carbonyl (C=O) groups is 1. The predicted molar refractivity (Wildman–Crippen MR) is 31.6 cm³/mol. The van der Waals surface area contributed by atoms with Crippen LogP contribution in [-0.4, -0.2) is 29.7 Å². The van der Waals surface area contributed by atoms with Crippen LogP contribution in [0.25, 0.3) is 0 Å². The summed E-state index contributed by atoms with van der Waals surface area (Å²) in [5.41, 5.74) is -0.560. The molecule has 0 N–H and O–H groups in total. The van der Waals surface area contributed by atoms with Crippen molar-refractivity contribution in [3.8, 4) is 0 Å². The van der Waals surface area contributed by atoms with E-state index in [-0.39, 0.29) is 24.1 Å². The average Bonchev–Trinajstić information content (AvgIpc) is 2.54. The molecule has 0 aromatic rings. The van der Waals surface area contributed by atoms with E-state index < -0.39 is 5.60 Å². The van der Waals surface area contributed by atoms with Crippen LogP contribution in [0.3, 0.4) is 0 Å². The van der Waals surface area contributed by atoms with Crippen LogP contribution in [0, 0.1) is 0 Å². The molecule has 3 fully saturated rings. The highest BCUT2D eigenvalue weighted by Crippen LogP contribution is 2.52. The van der Waals surface area contributed by atoms with E-state index >= 15 is 0 Å². The van der Waals surface area contributed by atoms with Gasteiger partial charge in [-0.2, -0.15) is 0 Å². The van der Waals surface area contributed by atoms with Gasteiger partial charge >= 0.3 is 0 Å². The second kappa shape index (κ2) is 1.17. The van der Waals surface area contributed by atoms with Crippen LogP contribution >= 0.6 is 0 Å². The molecule has 0 aliphatic carbocycles. The summed E-state index contributed by atoms with van der Waals surface area (Å²) < 4.78 is 10.7. The maximum Gasteiger partial charge on any atom is 0.169 e. The summed E-state index contributed by atoms with van der Waals surface area (Å²) in [5.74, 6) is 0.219. The first-order chi connectivity index (χ1) is 4.72. The van der Waals surface area contributed by atoms with E-state index in [0.29, 0.717) is 6.42 Å². The third kappa shape index (κ3) is 0.352. The molecule has 3 aliphatic rings. The molecular formula is C7H8O3. The molecule has 0 aromatic heterocycles. The van der Waals surface area contributed by atoms with Crippen LogP contribution in [-0.2, 0) is 14.3 Å². The fourth-order valence-corrected chi connectivity index (χ4v) is 2.07. The molecule has 0 saturated carbocycles. The summed E-state index contributed by atoms with van der Waals surface area (Å²) in [4.78, 5) is 11.2. The molecule has 3 aliphatic heterocycles.